The fourth-order valence-electron chi connectivity index (χ4n) is 3.38. The summed E-state index contributed by atoms with van der Waals surface area (Å²) in [5, 5.41) is 3.81. The number of hydrogen-bond acceptors (Lipinski definition) is 6. The van der Waals surface area contributed by atoms with Crippen LogP contribution in [0.4, 0.5) is 0 Å². The number of aromatic nitrogens is 2. The minimum atomic E-state index is -0.156. The van der Waals surface area contributed by atoms with E-state index in [1.807, 2.05) is 31.2 Å². The summed E-state index contributed by atoms with van der Waals surface area (Å²) in [6.07, 6.45) is 1.44. The fraction of sp³-hybridized carbons (Fsp3) is 0.471. The summed E-state index contributed by atoms with van der Waals surface area (Å²) < 4.78 is 5.60. The molecule has 7 nitrogen and oxygen atoms in total. The van der Waals surface area contributed by atoms with Gasteiger partial charge in [0.05, 0.1) is 10.9 Å². The second kappa shape index (κ2) is 7.11. The van der Waals surface area contributed by atoms with Crippen LogP contribution >= 0.6 is 0 Å². The van der Waals surface area contributed by atoms with Crippen LogP contribution in [0.3, 0.4) is 0 Å². The van der Waals surface area contributed by atoms with Crippen molar-refractivity contribution in [3.05, 3.63) is 30.6 Å². The molecule has 3 rings (SSSR count). The summed E-state index contributed by atoms with van der Waals surface area (Å²) in [5.74, 6) is 0.583. The Hall–Kier alpha value is -2.25. The standard InChI is InChI=1S/C17H23N5O2/c1-10(16-11(2)21-22-12(16)3)20-15(23)8-24-17-13-6-4-5-7-14(13)18-9-19-17/h4-7,9-12,16,21-22H,8H2,1-3H3,(H,20,23). The van der Waals surface area contributed by atoms with Gasteiger partial charge in [-0.2, -0.15) is 0 Å². The van der Waals surface area contributed by atoms with Crippen molar-refractivity contribution >= 4 is 16.8 Å². The number of carbonyl (C=O) groups is 1. The number of para-hydroxylation sites is 1. The number of nitrogens with zero attached hydrogens (tertiary/aromatic N) is 2. The number of rotatable bonds is 5. The Kier molecular flexibility index (Phi) is 4.92. The van der Waals surface area contributed by atoms with Crippen LogP contribution in [0, 0.1) is 5.92 Å². The zero-order chi connectivity index (χ0) is 17.1. The smallest absolute Gasteiger partial charge is 0.258 e. The van der Waals surface area contributed by atoms with Gasteiger partial charge in [0.2, 0.25) is 5.88 Å². The van der Waals surface area contributed by atoms with E-state index >= 15 is 0 Å². The number of hydrazine groups is 1. The van der Waals surface area contributed by atoms with E-state index in [1.54, 1.807) is 0 Å². The Balaban J connectivity index is 1.59. The van der Waals surface area contributed by atoms with E-state index in [1.165, 1.54) is 6.33 Å². The molecule has 2 heterocycles. The number of benzene rings is 1. The lowest BCUT2D eigenvalue weighted by molar-refractivity contribution is -0.124. The summed E-state index contributed by atoms with van der Waals surface area (Å²) in [7, 11) is 0. The van der Waals surface area contributed by atoms with Gasteiger partial charge in [-0.25, -0.2) is 9.97 Å². The second-order valence-corrected chi connectivity index (χ2v) is 6.28. The molecule has 0 aliphatic carbocycles. The average molecular weight is 329 g/mol. The molecule has 128 valence electrons. The van der Waals surface area contributed by atoms with Gasteiger partial charge in [-0.05, 0) is 32.9 Å². The first-order valence-corrected chi connectivity index (χ1v) is 8.19. The zero-order valence-electron chi connectivity index (χ0n) is 14.1. The Labute approximate surface area is 141 Å². The number of fused-ring (bicyclic) bond motifs is 1. The van der Waals surface area contributed by atoms with E-state index in [4.69, 9.17) is 4.74 Å². The highest BCUT2D eigenvalue weighted by Gasteiger charge is 2.34. The van der Waals surface area contributed by atoms with Gasteiger partial charge in [0.1, 0.15) is 6.33 Å². The Bertz CT molecular complexity index is 708. The molecule has 2 aromatic rings. The molecular weight excluding hydrogens is 306 g/mol. The summed E-state index contributed by atoms with van der Waals surface area (Å²) >= 11 is 0. The van der Waals surface area contributed by atoms with Crippen molar-refractivity contribution in [1.82, 2.24) is 26.1 Å². The summed E-state index contributed by atoms with van der Waals surface area (Å²) in [5.41, 5.74) is 7.20. The maximum atomic E-state index is 12.2. The molecule has 1 aromatic carbocycles. The molecule has 24 heavy (non-hydrogen) atoms. The van der Waals surface area contributed by atoms with Crippen molar-refractivity contribution in [3.63, 3.8) is 0 Å². The lowest BCUT2D eigenvalue weighted by Crippen LogP contribution is -2.46. The lowest BCUT2D eigenvalue weighted by Gasteiger charge is -2.26. The molecule has 3 atom stereocenters. The molecular formula is C17H23N5O2. The van der Waals surface area contributed by atoms with E-state index in [0.717, 1.165) is 10.9 Å². The van der Waals surface area contributed by atoms with Crippen LogP contribution in [-0.2, 0) is 4.79 Å². The first kappa shape index (κ1) is 16.6. The van der Waals surface area contributed by atoms with Gasteiger partial charge in [-0.15, -0.1) is 0 Å². The molecule has 1 saturated heterocycles. The van der Waals surface area contributed by atoms with Crippen molar-refractivity contribution < 1.29 is 9.53 Å². The molecule has 1 fully saturated rings. The molecule has 1 aliphatic rings. The van der Waals surface area contributed by atoms with Gasteiger partial charge in [0.15, 0.2) is 6.61 Å². The first-order chi connectivity index (χ1) is 11.6. The predicted octanol–water partition coefficient (Wildman–Crippen LogP) is 1.01. The fourth-order valence-corrected chi connectivity index (χ4v) is 3.38. The Morgan fingerprint density at radius 2 is 1.96 bits per heavy atom. The largest absolute Gasteiger partial charge is 0.467 e. The zero-order valence-corrected chi connectivity index (χ0v) is 14.1. The third-order valence-electron chi connectivity index (χ3n) is 4.51. The van der Waals surface area contributed by atoms with Crippen LogP contribution in [0.1, 0.15) is 20.8 Å². The lowest BCUT2D eigenvalue weighted by atomic mass is 9.89. The predicted molar refractivity (Wildman–Crippen MR) is 91.3 cm³/mol. The second-order valence-electron chi connectivity index (χ2n) is 6.28. The third-order valence-corrected chi connectivity index (χ3v) is 4.51. The monoisotopic (exact) mass is 329 g/mol. The molecule has 0 saturated carbocycles. The highest BCUT2D eigenvalue weighted by molar-refractivity contribution is 5.84. The minimum absolute atomic E-state index is 0.0377. The van der Waals surface area contributed by atoms with Crippen molar-refractivity contribution in [2.45, 2.75) is 38.9 Å². The van der Waals surface area contributed by atoms with Gasteiger partial charge in [0.25, 0.3) is 5.91 Å². The number of hydrogen-bond donors (Lipinski definition) is 3. The minimum Gasteiger partial charge on any atom is -0.467 e. The van der Waals surface area contributed by atoms with E-state index in [2.05, 4.69) is 40.0 Å². The van der Waals surface area contributed by atoms with E-state index in [0.29, 0.717) is 23.9 Å². The van der Waals surface area contributed by atoms with Crippen LogP contribution in [0.5, 0.6) is 5.88 Å². The van der Waals surface area contributed by atoms with Gasteiger partial charge < -0.3 is 10.1 Å². The molecule has 7 heteroatoms. The van der Waals surface area contributed by atoms with Crippen LogP contribution in [0.2, 0.25) is 0 Å². The third kappa shape index (κ3) is 3.47. The first-order valence-electron chi connectivity index (χ1n) is 8.19. The quantitative estimate of drug-likeness (QED) is 0.759. The van der Waals surface area contributed by atoms with Gasteiger partial charge in [-0.1, -0.05) is 12.1 Å². The molecule has 1 aromatic heterocycles. The van der Waals surface area contributed by atoms with E-state index < -0.39 is 0 Å². The SMILES string of the molecule is CC1NNC(C)C1C(C)NC(=O)COc1ncnc2ccccc12. The Morgan fingerprint density at radius 3 is 2.71 bits per heavy atom. The highest BCUT2D eigenvalue weighted by atomic mass is 16.5. The maximum Gasteiger partial charge on any atom is 0.258 e. The normalized spacial score (nSPS) is 24.7. The highest BCUT2D eigenvalue weighted by Crippen LogP contribution is 2.21. The average Bonchev–Trinajstić information content (AvgIpc) is 2.91. The molecule has 0 radical (unpaired) electrons. The topological polar surface area (TPSA) is 88.2 Å². The maximum absolute atomic E-state index is 12.2. The van der Waals surface area contributed by atoms with Crippen molar-refractivity contribution in [3.8, 4) is 5.88 Å². The van der Waals surface area contributed by atoms with Gasteiger partial charge in [0, 0.05) is 24.0 Å². The van der Waals surface area contributed by atoms with Gasteiger partial charge in [-0.3, -0.25) is 15.6 Å². The van der Waals surface area contributed by atoms with Crippen LogP contribution < -0.4 is 20.9 Å². The number of amides is 1. The molecule has 3 unspecified atom stereocenters. The van der Waals surface area contributed by atoms with Crippen molar-refractivity contribution in [1.29, 1.82) is 0 Å². The van der Waals surface area contributed by atoms with Crippen molar-refractivity contribution in [2.24, 2.45) is 5.92 Å². The summed E-state index contributed by atoms with van der Waals surface area (Å²) in [4.78, 5) is 20.5. The van der Waals surface area contributed by atoms with E-state index in [-0.39, 0.29) is 18.6 Å². The van der Waals surface area contributed by atoms with Gasteiger partial charge >= 0.3 is 0 Å². The number of carbonyl (C=O) groups excluding carboxylic acids is 1. The Morgan fingerprint density at radius 1 is 1.25 bits per heavy atom. The molecule has 1 amide bonds. The number of nitrogens with one attached hydrogen (secondary N) is 3. The number of ether oxygens (including phenoxy) is 1. The summed E-state index contributed by atoms with van der Waals surface area (Å²) in [6, 6.07) is 8.18. The van der Waals surface area contributed by atoms with Crippen LogP contribution in [-0.4, -0.2) is 40.6 Å². The van der Waals surface area contributed by atoms with Crippen molar-refractivity contribution in [2.75, 3.05) is 6.61 Å². The van der Waals surface area contributed by atoms with Crippen LogP contribution in [0.15, 0.2) is 30.6 Å². The summed E-state index contributed by atoms with van der Waals surface area (Å²) in [6.45, 7) is 6.16. The molecule has 1 aliphatic heterocycles. The molecule has 3 N–H and O–H groups in total. The molecule has 0 bridgehead atoms. The van der Waals surface area contributed by atoms with Crippen LogP contribution in [0.25, 0.3) is 10.9 Å². The molecule has 0 spiro atoms. The van der Waals surface area contributed by atoms with E-state index in [9.17, 15) is 4.79 Å².